The Morgan fingerprint density at radius 1 is 1.04 bits per heavy atom. The van der Waals surface area contributed by atoms with E-state index in [-0.39, 0.29) is 42.4 Å². The summed E-state index contributed by atoms with van der Waals surface area (Å²) in [5, 5.41) is 0. The van der Waals surface area contributed by atoms with Gasteiger partial charge in [0.2, 0.25) is 5.91 Å². The first kappa shape index (κ1) is 18.6. The van der Waals surface area contributed by atoms with Gasteiger partial charge in [-0.25, -0.2) is 12.8 Å². The molecule has 142 valence electrons. The summed E-state index contributed by atoms with van der Waals surface area (Å²) in [6.45, 7) is 0.268. The molecule has 4 rings (SSSR count). The van der Waals surface area contributed by atoms with Crippen molar-refractivity contribution in [1.29, 1.82) is 0 Å². The van der Waals surface area contributed by atoms with E-state index in [0.717, 1.165) is 4.47 Å². The van der Waals surface area contributed by atoms with E-state index in [4.69, 9.17) is 0 Å². The molecule has 0 saturated carbocycles. The molecule has 0 aliphatic carbocycles. The summed E-state index contributed by atoms with van der Waals surface area (Å²) in [5.74, 6) is -0.621. The SMILES string of the molecule is O=C1CN(Cc2ccccc2F)[C@H]2CS(=O)(=O)C[C@@H]2N1c1ccc(Br)cc1. The fraction of sp³-hybridized carbons (Fsp3) is 0.316. The van der Waals surface area contributed by atoms with Crippen LogP contribution in [0.5, 0.6) is 0 Å². The Morgan fingerprint density at radius 2 is 1.70 bits per heavy atom. The molecule has 2 aromatic carbocycles. The Kier molecular flexibility index (Phi) is 4.82. The van der Waals surface area contributed by atoms with Crippen molar-refractivity contribution < 1.29 is 17.6 Å². The summed E-state index contributed by atoms with van der Waals surface area (Å²) in [6, 6.07) is 12.8. The summed E-state index contributed by atoms with van der Waals surface area (Å²) >= 11 is 3.37. The number of carbonyl (C=O) groups excluding carboxylic acids is 1. The van der Waals surface area contributed by atoms with Crippen LogP contribution in [0.15, 0.2) is 53.0 Å². The van der Waals surface area contributed by atoms with E-state index in [9.17, 15) is 17.6 Å². The second kappa shape index (κ2) is 7.00. The van der Waals surface area contributed by atoms with Crippen LogP contribution in [0.25, 0.3) is 0 Å². The molecule has 2 atom stereocenters. The predicted octanol–water partition coefficient (Wildman–Crippen LogP) is 2.60. The number of piperazine rings is 1. The highest BCUT2D eigenvalue weighted by Crippen LogP contribution is 2.33. The molecule has 1 amide bonds. The molecule has 0 unspecified atom stereocenters. The first-order valence-electron chi connectivity index (χ1n) is 8.59. The van der Waals surface area contributed by atoms with E-state index in [1.807, 2.05) is 12.1 Å². The zero-order valence-electron chi connectivity index (χ0n) is 14.4. The molecule has 2 aliphatic rings. The summed E-state index contributed by atoms with van der Waals surface area (Å²) in [7, 11) is -3.28. The summed E-state index contributed by atoms with van der Waals surface area (Å²) < 4.78 is 39.7. The van der Waals surface area contributed by atoms with Gasteiger partial charge in [-0.2, -0.15) is 0 Å². The van der Waals surface area contributed by atoms with Crippen LogP contribution < -0.4 is 4.90 Å². The van der Waals surface area contributed by atoms with E-state index in [2.05, 4.69) is 15.9 Å². The molecule has 0 bridgehead atoms. The van der Waals surface area contributed by atoms with Crippen molar-refractivity contribution in [3.63, 3.8) is 0 Å². The minimum atomic E-state index is -3.28. The number of benzene rings is 2. The van der Waals surface area contributed by atoms with Crippen LogP contribution >= 0.6 is 15.9 Å². The third-order valence-electron chi connectivity index (χ3n) is 5.14. The van der Waals surface area contributed by atoms with Gasteiger partial charge >= 0.3 is 0 Å². The highest BCUT2D eigenvalue weighted by molar-refractivity contribution is 9.10. The molecule has 2 saturated heterocycles. The van der Waals surface area contributed by atoms with Crippen LogP contribution in [0.2, 0.25) is 0 Å². The van der Waals surface area contributed by atoms with Crippen LogP contribution in [0.4, 0.5) is 10.1 Å². The highest BCUT2D eigenvalue weighted by Gasteiger charge is 2.49. The number of anilines is 1. The third-order valence-corrected chi connectivity index (χ3v) is 7.36. The quantitative estimate of drug-likeness (QED) is 0.717. The fourth-order valence-electron chi connectivity index (χ4n) is 3.91. The topological polar surface area (TPSA) is 57.7 Å². The first-order chi connectivity index (χ1) is 12.8. The first-order valence-corrected chi connectivity index (χ1v) is 11.2. The highest BCUT2D eigenvalue weighted by atomic mass is 79.9. The molecule has 2 fully saturated rings. The fourth-order valence-corrected chi connectivity index (χ4v) is 6.16. The number of sulfone groups is 1. The van der Waals surface area contributed by atoms with Crippen LogP contribution in [-0.2, 0) is 21.2 Å². The Labute approximate surface area is 165 Å². The monoisotopic (exact) mass is 452 g/mol. The van der Waals surface area contributed by atoms with Crippen molar-refractivity contribution in [3.05, 3.63) is 64.4 Å². The van der Waals surface area contributed by atoms with Crippen molar-refractivity contribution in [1.82, 2.24) is 4.90 Å². The van der Waals surface area contributed by atoms with Crippen LogP contribution in [0, 0.1) is 5.82 Å². The number of halogens is 2. The van der Waals surface area contributed by atoms with Crippen molar-refractivity contribution in [2.45, 2.75) is 18.6 Å². The lowest BCUT2D eigenvalue weighted by atomic mass is 10.0. The molecule has 2 heterocycles. The van der Waals surface area contributed by atoms with Gasteiger partial charge in [-0.15, -0.1) is 0 Å². The maximum Gasteiger partial charge on any atom is 0.241 e. The number of carbonyl (C=O) groups is 1. The van der Waals surface area contributed by atoms with Gasteiger partial charge in [0.15, 0.2) is 9.84 Å². The molecular weight excluding hydrogens is 435 g/mol. The van der Waals surface area contributed by atoms with Crippen molar-refractivity contribution in [3.8, 4) is 0 Å². The van der Waals surface area contributed by atoms with E-state index >= 15 is 0 Å². The minimum Gasteiger partial charge on any atom is -0.306 e. The van der Waals surface area contributed by atoms with Gasteiger partial charge in [0.05, 0.1) is 24.1 Å². The van der Waals surface area contributed by atoms with Crippen molar-refractivity contribution in [2.75, 3.05) is 23.0 Å². The number of fused-ring (bicyclic) bond motifs is 1. The molecule has 0 spiro atoms. The smallest absolute Gasteiger partial charge is 0.241 e. The van der Waals surface area contributed by atoms with Crippen LogP contribution in [0.3, 0.4) is 0 Å². The van der Waals surface area contributed by atoms with E-state index in [0.29, 0.717) is 11.3 Å². The third kappa shape index (κ3) is 3.66. The summed E-state index contributed by atoms with van der Waals surface area (Å²) in [4.78, 5) is 16.3. The maximum atomic E-state index is 14.1. The largest absolute Gasteiger partial charge is 0.306 e. The molecular formula is C19H18BrFN2O3S. The minimum absolute atomic E-state index is 0.0214. The second-order valence-corrected chi connectivity index (χ2v) is 10.0. The second-order valence-electron chi connectivity index (χ2n) is 6.95. The standard InChI is InChI=1S/C19H18BrFN2O3S/c20-14-5-7-15(8-6-14)23-18-12-27(25,26)11-17(18)22(10-19(23)24)9-13-3-1-2-4-16(13)21/h1-8,17-18H,9-12H2/t17-,18-/m0/s1. The lowest BCUT2D eigenvalue weighted by molar-refractivity contribution is -0.123. The maximum absolute atomic E-state index is 14.1. The zero-order chi connectivity index (χ0) is 19.2. The molecule has 5 nitrogen and oxygen atoms in total. The lowest BCUT2D eigenvalue weighted by Gasteiger charge is -2.43. The Hall–Kier alpha value is -1.77. The van der Waals surface area contributed by atoms with Crippen molar-refractivity contribution in [2.24, 2.45) is 0 Å². The van der Waals surface area contributed by atoms with Gasteiger partial charge in [0, 0.05) is 28.3 Å². The molecule has 0 aromatic heterocycles. The van der Waals surface area contributed by atoms with Gasteiger partial charge in [-0.05, 0) is 30.3 Å². The molecule has 0 N–H and O–H groups in total. The average Bonchev–Trinajstić information content (AvgIpc) is 2.93. The Bertz CT molecular complexity index is 981. The van der Waals surface area contributed by atoms with Gasteiger partial charge < -0.3 is 4.90 Å². The van der Waals surface area contributed by atoms with Crippen LogP contribution in [-0.4, -0.2) is 49.4 Å². The molecule has 2 aromatic rings. The number of amides is 1. The van der Waals surface area contributed by atoms with E-state index in [1.54, 1.807) is 40.1 Å². The Balaban J connectivity index is 1.68. The summed E-state index contributed by atoms with van der Waals surface area (Å²) in [6.07, 6.45) is 0. The normalized spacial score (nSPS) is 24.8. The zero-order valence-corrected chi connectivity index (χ0v) is 16.8. The summed E-state index contributed by atoms with van der Waals surface area (Å²) in [5.41, 5.74) is 1.14. The van der Waals surface area contributed by atoms with E-state index in [1.165, 1.54) is 6.07 Å². The predicted molar refractivity (Wildman–Crippen MR) is 105 cm³/mol. The van der Waals surface area contributed by atoms with Crippen LogP contribution in [0.1, 0.15) is 5.56 Å². The van der Waals surface area contributed by atoms with Gasteiger partial charge in [0.1, 0.15) is 5.82 Å². The Morgan fingerprint density at radius 3 is 2.41 bits per heavy atom. The molecule has 0 radical (unpaired) electrons. The number of hydrogen-bond donors (Lipinski definition) is 0. The number of nitrogens with zero attached hydrogens (tertiary/aromatic N) is 2. The molecule has 2 aliphatic heterocycles. The molecule has 8 heteroatoms. The van der Waals surface area contributed by atoms with Gasteiger partial charge in [-0.1, -0.05) is 34.1 Å². The molecule has 27 heavy (non-hydrogen) atoms. The van der Waals surface area contributed by atoms with Gasteiger partial charge in [-0.3, -0.25) is 9.69 Å². The number of rotatable bonds is 3. The lowest BCUT2D eigenvalue weighted by Crippen LogP contribution is -2.61. The van der Waals surface area contributed by atoms with Gasteiger partial charge in [0.25, 0.3) is 0 Å². The average molecular weight is 453 g/mol. The number of hydrogen-bond acceptors (Lipinski definition) is 4. The van der Waals surface area contributed by atoms with E-state index < -0.39 is 15.9 Å². The van der Waals surface area contributed by atoms with Crippen molar-refractivity contribution >= 4 is 37.4 Å².